The van der Waals surface area contributed by atoms with Crippen molar-refractivity contribution in [1.82, 2.24) is 0 Å². The molecule has 0 aliphatic heterocycles. The normalized spacial score (nSPS) is 28.0. The molecule has 0 bridgehead atoms. The van der Waals surface area contributed by atoms with Crippen molar-refractivity contribution in [3.05, 3.63) is 35.5 Å². The fraction of sp³-hybridized carbons (Fsp3) is 0.889. The Bertz CT molecular complexity index is 1530. The highest BCUT2D eigenvalue weighted by Crippen LogP contribution is 2.60. The first-order valence-corrected chi connectivity index (χ1v) is 37.3. The topological polar surface area (TPSA) is 46.2 Å². The van der Waals surface area contributed by atoms with Crippen molar-refractivity contribution in [1.29, 1.82) is 0 Å². The molecule has 3 rings (SSSR count). The summed E-state index contributed by atoms with van der Waals surface area (Å²) in [6.45, 7) is 58.5. The van der Waals surface area contributed by atoms with Gasteiger partial charge in [0.05, 0.1) is 17.8 Å². The second kappa shape index (κ2) is 21.7. The van der Waals surface area contributed by atoms with Gasteiger partial charge < -0.3 is 22.4 Å². The molecule has 9 heteroatoms. The minimum Gasteiger partial charge on any atom is -0.417 e. The van der Waals surface area contributed by atoms with E-state index in [0.717, 1.165) is 36.9 Å². The van der Waals surface area contributed by atoms with Gasteiger partial charge in [-0.1, -0.05) is 134 Å². The van der Waals surface area contributed by atoms with E-state index >= 15 is 0 Å². The van der Waals surface area contributed by atoms with E-state index < -0.39 is 33.3 Å². The highest BCUT2D eigenvalue weighted by molar-refractivity contribution is 6.75. The molecule has 5 nitrogen and oxygen atoms in total. The van der Waals surface area contributed by atoms with E-state index in [-0.39, 0.29) is 39.0 Å². The molecule has 0 radical (unpaired) electrons. The maximum absolute atomic E-state index is 7.45. The van der Waals surface area contributed by atoms with Crippen molar-refractivity contribution >= 4 is 33.3 Å². The lowest BCUT2D eigenvalue weighted by Crippen LogP contribution is -2.57. The lowest BCUT2D eigenvalue weighted by molar-refractivity contribution is -0.0879. The molecule has 3 aliphatic carbocycles. The molecule has 3 fully saturated rings. The highest BCUT2D eigenvalue weighted by atomic mass is 28.4. The maximum Gasteiger partial charge on any atom is 0.193 e. The maximum atomic E-state index is 7.45. The van der Waals surface area contributed by atoms with Crippen LogP contribution in [0.3, 0.4) is 0 Å². The second-order valence-electron chi connectivity index (χ2n) is 26.2. The fourth-order valence-electron chi connectivity index (χ4n) is 10.6. The third kappa shape index (κ3) is 14.2. The van der Waals surface area contributed by atoms with Crippen LogP contribution in [0.4, 0.5) is 0 Å². The molecular weight excluding hydrogens is 841 g/mol. The van der Waals surface area contributed by atoms with Crippen LogP contribution < -0.4 is 0 Å². The standard InChI is InChI=1S/C54H106O5Si4/c1-24-63(25-2,26-3)59-53(15,16)36-27-30-41(4)45-34-35-46-43(31-28-37-54(45,46)17)32-33-44-40-47(57-61(20,21)51(9,10)11)49(48(42(44)5)58-62(22,23)52(12,13)14)55-38-29-39-56-60(18,19)50(6,7)8/h32-33,41,45-49H,5,24-31,34-40H2,1-4,6-23H3/b43-32+,44-33-/t41-,45-,46+,47-,48-,49-,54-/m1/s1. The van der Waals surface area contributed by atoms with Gasteiger partial charge in [-0.2, -0.15) is 0 Å². The first-order chi connectivity index (χ1) is 28.6. The van der Waals surface area contributed by atoms with E-state index in [4.69, 9.17) is 29.0 Å². The fourth-order valence-corrected chi connectivity index (χ4v) is 17.5. The summed E-state index contributed by atoms with van der Waals surface area (Å²) in [6.07, 6.45) is 16.3. The van der Waals surface area contributed by atoms with Crippen LogP contribution in [-0.4, -0.2) is 70.4 Å². The summed E-state index contributed by atoms with van der Waals surface area (Å²) >= 11 is 0. The van der Waals surface area contributed by atoms with Crippen LogP contribution in [0.1, 0.15) is 175 Å². The molecule has 0 aromatic heterocycles. The van der Waals surface area contributed by atoms with Crippen molar-refractivity contribution in [3.8, 4) is 0 Å². The van der Waals surface area contributed by atoms with Crippen LogP contribution >= 0.6 is 0 Å². The van der Waals surface area contributed by atoms with Gasteiger partial charge in [-0.3, -0.25) is 0 Å². The summed E-state index contributed by atoms with van der Waals surface area (Å²) in [5.74, 6) is 2.16. The zero-order chi connectivity index (χ0) is 48.3. The lowest BCUT2D eigenvalue weighted by atomic mass is 9.60. The molecule has 0 saturated heterocycles. The Morgan fingerprint density at radius 3 is 1.84 bits per heavy atom. The Balaban J connectivity index is 1.92. The molecule has 0 aromatic rings. The van der Waals surface area contributed by atoms with Gasteiger partial charge in [0.2, 0.25) is 0 Å². The molecular formula is C54H106O5Si4. The second-order valence-corrected chi connectivity index (χ2v) is 45.3. The van der Waals surface area contributed by atoms with Crippen LogP contribution in [0.5, 0.6) is 0 Å². The summed E-state index contributed by atoms with van der Waals surface area (Å²) in [5, 5.41) is 0.308. The summed E-state index contributed by atoms with van der Waals surface area (Å²) in [5.41, 5.74) is 4.38. The molecule has 0 amide bonds. The SMILES string of the molecule is C=C1/C(=C\C=C2/CCC[C@]3(C)[C@@H]([C@H](C)CCCC(C)(C)O[Si](CC)(CC)CC)CC[C@@H]23)C[C@@H](O[Si](C)(C)C(C)(C)C)[C@@H](OCCCO[Si](C)(C)C(C)(C)C)[C@@H]1O[Si](C)(C)C(C)(C)C. The Hall–Kier alpha value is -0.112. The molecule has 3 saturated carbocycles. The highest BCUT2D eigenvalue weighted by Gasteiger charge is 2.52. The van der Waals surface area contributed by atoms with E-state index in [1.54, 1.807) is 5.57 Å². The van der Waals surface area contributed by atoms with E-state index in [0.29, 0.717) is 17.9 Å². The van der Waals surface area contributed by atoms with Crippen molar-refractivity contribution in [2.75, 3.05) is 13.2 Å². The number of ether oxygens (including phenoxy) is 1. The number of hydrogen-bond acceptors (Lipinski definition) is 5. The Labute approximate surface area is 397 Å². The van der Waals surface area contributed by atoms with Crippen molar-refractivity contribution < 1.29 is 22.4 Å². The van der Waals surface area contributed by atoms with E-state index in [2.05, 4.69) is 162 Å². The Morgan fingerprint density at radius 1 is 0.746 bits per heavy atom. The van der Waals surface area contributed by atoms with Gasteiger partial charge in [-0.15, -0.1) is 0 Å². The molecule has 0 aromatic carbocycles. The predicted molar refractivity (Wildman–Crippen MR) is 285 cm³/mol. The minimum absolute atomic E-state index is 0.0251. The minimum atomic E-state index is -2.22. The number of allylic oxidation sites excluding steroid dienone is 3. The Morgan fingerprint density at radius 2 is 1.30 bits per heavy atom. The summed E-state index contributed by atoms with van der Waals surface area (Å²) < 4.78 is 35.6. The average molecular weight is 948 g/mol. The first kappa shape index (κ1) is 57.2. The van der Waals surface area contributed by atoms with Gasteiger partial charge in [0.25, 0.3) is 0 Å². The largest absolute Gasteiger partial charge is 0.417 e. The first-order valence-electron chi connectivity index (χ1n) is 26.0. The van der Waals surface area contributed by atoms with Crippen molar-refractivity contribution in [2.45, 2.75) is 271 Å². The van der Waals surface area contributed by atoms with Crippen molar-refractivity contribution in [3.63, 3.8) is 0 Å². The quantitative estimate of drug-likeness (QED) is 0.0847. The molecule has 7 atom stereocenters. The molecule has 0 heterocycles. The third-order valence-electron chi connectivity index (χ3n) is 18.3. The van der Waals surface area contributed by atoms with E-state index in [1.165, 1.54) is 75.1 Å². The van der Waals surface area contributed by atoms with E-state index in [1.807, 2.05) is 0 Å². The van der Waals surface area contributed by atoms with Gasteiger partial charge in [0.15, 0.2) is 33.3 Å². The average Bonchev–Trinajstić information content (AvgIpc) is 3.51. The van der Waals surface area contributed by atoms with Gasteiger partial charge in [-0.05, 0) is 166 Å². The van der Waals surface area contributed by atoms with Crippen molar-refractivity contribution in [2.24, 2.45) is 23.2 Å². The van der Waals surface area contributed by atoms with Crippen LogP contribution in [0.15, 0.2) is 35.5 Å². The van der Waals surface area contributed by atoms with E-state index in [9.17, 15) is 0 Å². The summed E-state index contributed by atoms with van der Waals surface area (Å²) in [7, 11) is -7.86. The molecule has 0 unspecified atom stereocenters. The number of fused-ring (bicyclic) bond motifs is 1. The molecule has 63 heavy (non-hydrogen) atoms. The summed E-state index contributed by atoms with van der Waals surface area (Å²) in [4.78, 5) is 0. The molecule has 0 N–H and O–H groups in total. The van der Waals surface area contributed by atoms with Gasteiger partial charge in [0.1, 0.15) is 6.10 Å². The predicted octanol–water partition coefficient (Wildman–Crippen LogP) is 17.2. The van der Waals surface area contributed by atoms with Crippen LogP contribution in [0.2, 0.25) is 72.5 Å². The van der Waals surface area contributed by atoms with Gasteiger partial charge in [-0.25, -0.2) is 0 Å². The monoisotopic (exact) mass is 947 g/mol. The van der Waals surface area contributed by atoms with Crippen LogP contribution in [0.25, 0.3) is 0 Å². The Kier molecular flexibility index (Phi) is 19.7. The molecule has 368 valence electrons. The van der Waals surface area contributed by atoms with Crippen LogP contribution in [-0.2, 0) is 22.4 Å². The lowest BCUT2D eigenvalue weighted by Gasteiger charge is -2.49. The zero-order valence-electron chi connectivity index (χ0n) is 46.0. The third-order valence-corrected chi connectivity index (χ3v) is 36.6. The molecule has 3 aliphatic rings. The smallest absolute Gasteiger partial charge is 0.193 e. The molecule has 0 spiro atoms. The number of hydrogen-bond donors (Lipinski definition) is 0. The zero-order valence-corrected chi connectivity index (χ0v) is 50.0. The van der Waals surface area contributed by atoms with Crippen LogP contribution in [0, 0.1) is 23.2 Å². The van der Waals surface area contributed by atoms with Gasteiger partial charge in [0, 0.05) is 19.6 Å². The number of rotatable bonds is 21. The van der Waals surface area contributed by atoms with Gasteiger partial charge >= 0.3 is 0 Å². The summed E-state index contributed by atoms with van der Waals surface area (Å²) in [6, 6.07) is 3.67.